The predicted octanol–water partition coefficient (Wildman–Crippen LogP) is 3.67. The molecule has 0 spiro atoms. The zero-order chi connectivity index (χ0) is 13.2. The van der Waals surface area contributed by atoms with Gasteiger partial charge in [-0.05, 0) is 42.8 Å². The molecule has 1 aliphatic rings. The third kappa shape index (κ3) is 2.59. The van der Waals surface area contributed by atoms with Crippen LogP contribution in [0.15, 0.2) is 51.6 Å². The van der Waals surface area contributed by atoms with Crippen LogP contribution in [0.4, 0.5) is 0 Å². The Kier molecular flexibility index (Phi) is 3.42. The summed E-state index contributed by atoms with van der Waals surface area (Å²) in [6, 6.07) is 11.4. The Morgan fingerprint density at radius 1 is 1.26 bits per heavy atom. The number of carbonyl (C=O) groups is 1. The fraction of sp³-hybridized carbons (Fsp3) is 0.267. The smallest absolute Gasteiger partial charge is 0.253 e. The zero-order valence-corrected chi connectivity index (χ0v) is 12.0. The van der Waals surface area contributed by atoms with Gasteiger partial charge in [0.1, 0.15) is 5.76 Å². The number of likely N-dealkylation sites (tertiary alicyclic amines) is 1. The average Bonchev–Trinajstić information content (AvgIpc) is 3.10. The van der Waals surface area contributed by atoms with Crippen molar-refractivity contribution < 1.29 is 9.21 Å². The van der Waals surface area contributed by atoms with Gasteiger partial charge in [0.05, 0.1) is 6.26 Å². The number of hydrogen-bond acceptors (Lipinski definition) is 2. The molecule has 1 fully saturated rings. The van der Waals surface area contributed by atoms with Crippen LogP contribution in [-0.4, -0.2) is 23.9 Å². The van der Waals surface area contributed by atoms with E-state index in [0.717, 1.165) is 35.3 Å². The first-order valence-corrected chi connectivity index (χ1v) is 7.11. The Morgan fingerprint density at radius 3 is 2.74 bits per heavy atom. The summed E-state index contributed by atoms with van der Waals surface area (Å²) in [5, 5.41) is 0. The van der Waals surface area contributed by atoms with Gasteiger partial charge in [-0.3, -0.25) is 4.79 Å². The molecule has 3 rings (SSSR count). The molecule has 2 heterocycles. The number of halogens is 1. The van der Waals surface area contributed by atoms with Gasteiger partial charge in [0.25, 0.3) is 5.91 Å². The van der Waals surface area contributed by atoms with E-state index in [-0.39, 0.29) is 5.91 Å². The minimum atomic E-state index is 0.0987. The van der Waals surface area contributed by atoms with Gasteiger partial charge in [-0.15, -0.1) is 0 Å². The second-order valence-corrected chi connectivity index (χ2v) is 5.67. The molecule has 0 radical (unpaired) electrons. The Balaban J connectivity index is 1.71. The van der Waals surface area contributed by atoms with E-state index in [0.29, 0.717) is 5.92 Å². The lowest BCUT2D eigenvalue weighted by Gasteiger charge is -2.16. The van der Waals surface area contributed by atoms with Crippen LogP contribution in [0, 0.1) is 0 Å². The van der Waals surface area contributed by atoms with E-state index >= 15 is 0 Å². The maximum atomic E-state index is 12.4. The van der Waals surface area contributed by atoms with E-state index in [1.54, 1.807) is 6.26 Å². The molecule has 19 heavy (non-hydrogen) atoms. The van der Waals surface area contributed by atoms with Crippen molar-refractivity contribution in [3.05, 3.63) is 58.5 Å². The van der Waals surface area contributed by atoms with Crippen LogP contribution in [0.1, 0.15) is 28.5 Å². The number of benzene rings is 1. The number of furan rings is 1. The van der Waals surface area contributed by atoms with Crippen LogP contribution in [0.3, 0.4) is 0 Å². The molecule has 1 aromatic heterocycles. The molecule has 1 aromatic carbocycles. The van der Waals surface area contributed by atoms with Crippen molar-refractivity contribution in [2.45, 2.75) is 12.3 Å². The van der Waals surface area contributed by atoms with Crippen LogP contribution in [0.2, 0.25) is 0 Å². The Morgan fingerprint density at radius 2 is 2.05 bits per heavy atom. The molecular formula is C15H14BrNO2. The molecule has 1 unspecified atom stereocenters. The second kappa shape index (κ2) is 5.21. The highest BCUT2D eigenvalue weighted by Gasteiger charge is 2.29. The van der Waals surface area contributed by atoms with Crippen molar-refractivity contribution in [1.29, 1.82) is 0 Å². The van der Waals surface area contributed by atoms with Crippen molar-refractivity contribution in [3.8, 4) is 0 Å². The van der Waals surface area contributed by atoms with Crippen LogP contribution >= 0.6 is 15.9 Å². The first kappa shape index (κ1) is 12.5. The fourth-order valence-corrected chi connectivity index (χ4v) is 2.74. The topological polar surface area (TPSA) is 33.5 Å². The largest absolute Gasteiger partial charge is 0.469 e. The lowest BCUT2D eigenvalue weighted by molar-refractivity contribution is 0.0790. The number of carbonyl (C=O) groups excluding carboxylic acids is 1. The Bertz CT molecular complexity index is 562. The first-order valence-electron chi connectivity index (χ1n) is 6.32. The number of amides is 1. The molecule has 1 atom stereocenters. The molecule has 98 valence electrons. The molecule has 2 aromatic rings. The number of rotatable bonds is 2. The van der Waals surface area contributed by atoms with E-state index < -0.39 is 0 Å². The normalized spacial score (nSPS) is 18.8. The highest BCUT2D eigenvalue weighted by Crippen LogP contribution is 2.28. The van der Waals surface area contributed by atoms with Crippen molar-refractivity contribution in [2.75, 3.05) is 13.1 Å². The lowest BCUT2D eigenvalue weighted by atomic mass is 10.1. The quantitative estimate of drug-likeness (QED) is 0.846. The summed E-state index contributed by atoms with van der Waals surface area (Å²) in [5.74, 6) is 1.40. The van der Waals surface area contributed by atoms with Gasteiger partial charge in [-0.25, -0.2) is 0 Å². The minimum absolute atomic E-state index is 0.0987. The Labute approximate surface area is 120 Å². The molecule has 0 aliphatic carbocycles. The van der Waals surface area contributed by atoms with Crippen molar-refractivity contribution in [1.82, 2.24) is 4.90 Å². The number of hydrogen-bond donors (Lipinski definition) is 0. The summed E-state index contributed by atoms with van der Waals surface area (Å²) >= 11 is 3.38. The second-order valence-electron chi connectivity index (χ2n) is 4.76. The van der Waals surface area contributed by atoms with Gasteiger partial charge in [0.15, 0.2) is 0 Å². The summed E-state index contributed by atoms with van der Waals surface area (Å²) in [5.41, 5.74) is 0.739. The number of nitrogens with zero attached hydrogens (tertiary/aromatic N) is 1. The maximum Gasteiger partial charge on any atom is 0.253 e. The van der Waals surface area contributed by atoms with Crippen LogP contribution < -0.4 is 0 Å². The molecule has 0 bridgehead atoms. The van der Waals surface area contributed by atoms with Gasteiger partial charge in [-0.2, -0.15) is 0 Å². The van der Waals surface area contributed by atoms with E-state index in [4.69, 9.17) is 4.42 Å². The Hall–Kier alpha value is -1.55. The highest BCUT2D eigenvalue weighted by molar-refractivity contribution is 9.10. The first-order chi connectivity index (χ1) is 9.24. The molecule has 3 nitrogen and oxygen atoms in total. The van der Waals surface area contributed by atoms with Crippen LogP contribution in [-0.2, 0) is 0 Å². The molecule has 4 heteroatoms. The molecule has 0 saturated carbocycles. The van der Waals surface area contributed by atoms with E-state index in [1.807, 2.05) is 41.3 Å². The van der Waals surface area contributed by atoms with E-state index in [2.05, 4.69) is 15.9 Å². The summed E-state index contributed by atoms with van der Waals surface area (Å²) < 4.78 is 6.41. The molecule has 1 amide bonds. The molecular weight excluding hydrogens is 306 g/mol. The summed E-state index contributed by atoms with van der Waals surface area (Å²) in [7, 11) is 0. The van der Waals surface area contributed by atoms with Gasteiger partial charge >= 0.3 is 0 Å². The zero-order valence-electron chi connectivity index (χ0n) is 10.4. The minimum Gasteiger partial charge on any atom is -0.469 e. The van der Waals surface area contributed by atoms with Gasteiger partial charge in [0, 0.05) is 29.0 Å². The highest BCUT2D eigenvalue weighted by atomic mass is 79.9. The molecule has 1 aliphatic heterocycles. The molecule has 0 N–H and O–H groups in total. The predicted molar refractivity (Wildman–Crippen MR) is 76.1 cm³/mol. The lowest BCUT2D eigenvalue weighted by Crippen LogP contribution is -2.28. The van der Waals surface area contributed by atoms with Crippen LogP contribution in [0.25, 0.3) is 0 Å². The van der Waals surface area contributed by atoms with Crippen molar-refractivity contribution in [3.63, 3.8) is 0 Å². The van der Waals surface area contributed by atoms with Crippen LogP contribution in [0.5, 0.6) is 0 Å². The SMILES string of the molecule is O=C(c1ccc(Br)cc1)N1CCC(c2ccco2)C1. The van der Waals surface area contributed by atoms with Gasteiger partial charge in [0.2, 0.25) is 0 Å². The van der Waals surface area contributed by atoms with E-state index in [1.165, 1.54) is 0 Å². The third-order valence-electron chi connectivity index (χ3n) is 3.51. The summed E-state index contributed by atoms with van der Waals surface area (Å²) in [6.45, 7) is 1.53. The molecule has 1 saturated heterocycles. The maximum absolute atomic E-state index is 12.4. The standard InChI is InChI=1S/C15H14BrNO2/c16-13-5-3-11(4-6-13)15(18)17-8-7-12(10-17)14-2-1-9-19-14/h1-6,9,12H,7-8,10H2. The average molecular weight is 320 g/mol. The van der Waals surface area contributed by atoms with Crippen molar-refractivity contribution >= 4 is 21.8 Å². The van der Waals surface area contributed by atoms with Gasteiger partial charge in [-0.1, -0.05) is 15.9 Å². The van der Waals surface area contributed by atoms with E-state index in [9.17, 15) is 4.79 Å². The fourth-order valence-electron chi connectivity index (χ4n) is 2.48. The monoisotopic (exact) mass is 319 g/mol. The van der Waals surface area contributed by atoms with Crippen molar-refractivity contribution in [2.24, 2.45) is 0 Å². The third-order valence-corrected chi connectivity index (χ3v) is 4.04. The summed E-state index contributed by atoms with van der Waals surface area (Å²) in [4.78, 5) is 14.3. The van der Waals surface area contributed by atoms with Gasteiger partial charge < -0.3 is 9.32 Å². The summed E-state index contributed by atoms with van der Waals surface area (Å²) in [6.07, 6.45) is 2.66.